The fourth-order valence-corrected chi connectivity index (χ4v) is 3.77. The molecule has 1 spiro atoms. The number of likely N-dealkylation sites (tertiary alicyclic amines) is 1. The standard InChI is InChI=1S/C12H23N3O3S/c1-14(2)19(17,18)7-3-5-15-6-4-12(10-15)8-11(16)13-9-12/h3-10H2,1-2H3,(H,13,16). The van der Waals surface area contributed by atoms with Gasteiger partial charge >= 0.3 is 0 Å². The Labute approximate surface area is 115 Å². The van der Waals surface area contributed by atoms with Crippen LogP contribution in [0.25, 0.3) is 0 Å². The molecule has 1 N–H and O–H groups in total. The Kier molecular flexibility index (Phi) is 4.17. The van der Waals surface area contributed by atoms with Gasteiger partial charge in [0.1, 0.15) is 0 Å². The molecule has 0 radical (unpaired) electrons. The van der Waals surface area contributed by atoms with Gasteiger partial charge in [0, 0.05) is 39.0 Å². The minimum absolute atomic E-state index is 0.109. The lowest BCUT2D eigenvalue weighted by Gasteiger charge is -2.22. The highest BCUT2D eigenvalue weighted by molar-refractivity contribution is 7.89. The van der Waals surface area contributed by atoms with Crippen molar-refractivity contribution in [1.82, 2.24) is 14.5 Å². The first-order chi connectivity index (χ1) is 8.83. The van der Waals surface area contributed by atoms with Gasteiger partial charge in [0.25, 0.3) is 0 Å². The van der Waals surface area contributed by atoms with Crippen molar-refractivity contribution >= 4 is 15.9 Å². The fourth-order valence-electron chi connectivity index (χ4n) is 2.91. The minimum atomic E-state index is -3.09. The summed E-state index contributed by atoms with van der Waals surface area (Å²) >= 11 is 0. The maximum atomic E-state index is 11.6. The summed E-state index contributed by atoms with van der Waals surface area (Å²) in [5.74, 6) is 0.345. The van der Waals surface area contributed by atoms with Crippen LogP contribution in [0.5, 0.6) is 0 Å². The predicted octanol–water partition coefficient (Wildman–Crippen LogP) is -0.520. The van der Waals surface area contributed by atoms with Crippen molar-refractivity contribution in [1.29, 1.82) is 0 Å². The van der Waals surface area contributed by atoms with Gasteiger partial charge < -0.3 is 10.2 Å². The van der Waals surface area contributed by atoms with Gasteiger partial charge in [-0.1, -0.05) is 0 Å². The van der Waals surface area contributed by atoms with E-state index in [1.54, 1.807) is 14.1 Å². The topological polar surface area (TPSA) is 69.7 Å². The van der Waals surface area contributed by atoms with Gasteiger partial charge in [-0.2, -0.15) is 0 Å². The van der Waals surface area contributed by atoms with Crippen LogP contribution >= 0.6 is 0 Å². The quantitative estimate of drug-likeness (QED) is 0.739. The van der Waals surface area contributed by atoms with Crippen LogP contribution in [0.1, 0.15) is 19.3 Å². The van der Waals surface area contributed by atoms with E-state index in [0.717, 1.165) is 32.6 Å². The van der Waals surface area contributed by atoms with Crippen molar-refractivity contribution in [2.75, 3.05) is 46.0 Å². The molecule has 2 fully saturated rings. The van der Waals surface area contributed by atoms with E-state index in [9.17, 15) is 13.2 Å². The van der Waals surface area contributed by atoms with Gasteiger partial charge in [-0.15, -0.1) is 0 Å². The average Bonchev–Trinajstić information content (AvgIpc) is 2.86. The molecule has 0 aromatic carbocycles. The molecular weight excluding hydrogens is 266 g/mol. The lowest BCUT2D eigenvalue weighted by molar-refractivity contribution is -0.119. The molecule has 2 rings (SSSR count). The van der Waals surface area contributed by atoms with Gasteiger partial charge in [-0.25, -0.2) is 12.7 Å². The predicted molar refractivity (Wildman–Crippen MR) is 73.2 cm³/mol. The summed E-state index contributed by atoms with van der Waals surface area (Å²) < 4.78 is 24.6. The van der Waals surface area contributed by atoms with Crippen molar-refractivity contribution < 1.29 is 13.2 Å². The van der Waals surface area contributed by atoms with E-state index >= 15 is 0 Å². The highest BCUT2D eigenvalue weighted by Gasteiger charge is 2.43. The van der Waals surface area contributed by atoms with Crippen molar-refractivity contribution in [2.24, 2.45) is 5.41 Å². The van der Waals surface area contributed by atoms with Crippen molar-refractivity contribution in [2.45, 2.75) is 19.3 Å². The third-order valence-corrected chi connectivity index (χ3v) is 6.06. The molecule has 0 saturated carbocycles. The molecule has 1 amide bonds. The van der Waals surface area contributed by atoms with Crippen LogP contribution in [0.15, 0.2) is 0 Å². The van der Waals surface area contributed by atoms with Crippen LogP contribution in [0.3, 0.4) is 0 Å². The molecule has 1 atom stereocenters. The van der Waals surface area contributed by atoms with Gasteiger partial charge in [0.15, 0.2) is 0 Å². The minimum Gasteiger partial charge on any atom is -0.355 e. The Morgan fingerprint density at radius 3 is 2.74 bits per heavy atom. The summed E-state index contributed by atoms with van der Waals surface area (Å²) in [6, 6.07) is 0. The average molecular weight is 289 g/mol. The maximum Gasteiger partial charge on any atom is 0.220 e. The van der Waals surface area contributed by atoms with E-state index in [-0.39, 0.29) is 17.1 Å². The van der Waals surface area contributed by atoms with E-state index in [0.29, 0.717) is 12.8 Å². The number of amides is 1. The number of hydrogen-bond acceptors (Lipinski definition) is 4. The van der Waals surface area contributed by atoms with E-state index in [1.165, 1.54) is 4.31 Å². The van der Waals surface area contributed by atoms with Gasteiger partial charge in [0.05, 0.1) is 5.75 Å². The molecule has 110 valence electrons. The molecule has 2 heterocycles. The van der Waals surface area contributed by atoms with Crippen molar-refractivity contribution in [3.63, 3.8) is 0 Å². The van der Waals surface area contributed by atoms with E-state index in [4.69, 9.17) is 0 Å². The number of sulfonamides is 1. The molecule has 19 heavy (non-hydrogen) atoms. The van der Waals surface area contributed by atoms with Crippen LogP contribution in [-0.2, 0) is 14.8 Å². The summed E-state index contributed by atoms with van der Waals surface area (Å²) in [5, 5.41) is 2.90. The largest absolute Gasteiger partial charge is 0.355 e. The number of carbonyl (C=O) groups is 1. The highest BCUT2D eigenvalue weighted by atomic mass is 32.2. The Morgan fingerprint density at radius 2 is 2.16 bits per heavy atom. The van der Waals surface area contributed by atoms with Crippen LogP contribution in [0.2, 0.25) is 0 Å². The lowest BCUT2D eigenvalue weighted by atomic mass is 9.86. The molecular formula is C12H23N3O3S. The Morgan fingerprint density at radius 1 is 1.42 bits per heavy atom. The molecule has 0 aliphatic carbocycles. The second kappa shape index (κ2) is 5.38. The Balaban J connectivity index is 1.76. The normalized spacial score (nSPS) is 28.5. The number of rotatable bonds is 5. The Bertz CT molecular complexity index is 449. The van der Waals surface area contributed by atoms with Gasteiger partial charge in [-0.3, -0.25) is 4.79 Å². The van der Waals surface area contributed by atoms with Gasteiger partial charge in [0.2, 0.25) is 15.9 Å². The van der Waals surface area contributed by atoms with Crippen LogP contribution < -0.4 is 5.32 Å². The number of nitrogens with one attached hydrogen (secondary N) is 1. The fraction of sp³-hybridized carbons (Fsp3) is 0.917. The summed E-state index contributed by atoms with van der Waals surface area (Å²) in [5.41, 5.74) is 0.109. The summed E-state index contributed by atoms with van der Waals surface area (Å²) in [6.07, 6.45) is 2.31. The second-order valence-electron chi connectivity index (χ2n) is 5.93. The zero-order chi connectivity index (χ0) is 14.1. The molecule has 7 heteroatoms. The van der Waals surface area contributed by atoms with Gasteiger partial charge in [-0.05, 0) is 25.9 Å². The second-order valence-corrected chi connectivity index (χ2v) is 8.23. The third-order valence-electron chi connectivity index (χ3n) is 4.15. The first-order valence-corrected chi connectivity index (χ1v) is 8.33. The molecule has 6 nitrogen and oxygen atoms in total. The first-order valence-electron chi connectivity index (χ1n) is 6.72. The number of nitrogens with zero attached hydrogens (tertiary/aromatic N) is 2. The SMILES string of the molecule is CN(C)S(=O)(=O)CCCN1CCC2(CNC(=O)C2)C1. The smallest absolute Gasteiger partial charge is 0.220 e. The summed E-state index contributed by atoms with van der Waals surface area (Å²) in [6.45, 7) is 3.45. The zero-order valence-electron chi connectivity index (χ0n) is 11.7. The van der Waals surface area contributed by atoms with Crippen molar-refractivity contribution in [3.8, 4) is 0 Å². The van der Waals surface area contributed by atoms with E-state index < -0.39 is 10.0 Å². The van der Waals surface area contributed by atoms with Crippen molar-refractivity contribution in [3.05, 3.63) is 0 Å². The molecule has 2 aliphatic rings. The zero-order valence-corrected chi connectivity index (χ0v) is 12.5. The molecule has 1 unspecified atom stereocenters. The number of carbonyl (C=O) groups excluding carboxylic acids is 1. The van der Waals surface area contributed by atoms with Crippen LogP contribution in [0.4, 0.5) is 0 Å². The van der Waals surface area contributed by atoms with Crippen LogP contribution in [0, 0.1) is 5.41 Å². The lowest BCUT2D eigenvalue weighted by Crippen LogP contribution is -2.31. The molecule has 0 aromatic rings. The highest BCUT2D eigenvalue weighted by Crippen LogP contribution is 2.36. The third kappa shape index (κ3) is 3.46. The molecule has 0 bridgehead atoms. The van der Waals surface area contributed by atoms with Crippen LogP contribution in [-0.4, -0.2) is 69.6 Å². The number of hydrogen-bond donors (Lipinski definition) is 1. The first kappa shape index (κ1) is 14.7. The molecule has 2 saturated heterocycles. The summed E-state index contributed by atoms with van der Waals surface area (Å²) in [7, 11) is 0.0449. The Hall–Kier alpha value is -0.660. The summed E-state index contributed by atoms with van der Waals surface area (Å²) in [4.78, 5) is 13.6. The maximum absolute atomic E-state index is 11.6. The van der Waals surface area contributed by atoms with E-state index in [1.807, 2.05) is 0 Å². The molecule has 0 aromatic heterocycles. The monoisotopic (exact) mass is 289 g/mol. The van der Waals surface area contributed by atoms with E-state index in [2.05, 4.69) is 10.2 Å². The molecule has 2 aliphatic heterocycles.